The number of ether oxygens (including phenoxy) is 1. The number of rotatable bonds is 16. The van der Waals surface area contributed by atoms with Crippen molar-refractivity contribution in [2.45, 2.75) is 165 Å². The highest BCUT2D eigenvalue weighted by Gasteiger charge is 2.45. The fourth-order valence-corrected chi connectivity index (χ4v) is 12.9. The van der Waals surface area contributed by atoms with E-state index >= 15 is 0 Å². The average Bonchev–Trinajstić information content (AvgIpc) is 1.78. The molecule has 3 amide bonds. The van der Waals surface area contributed by atoms with Gasteiger partial charge in [0.25, 0.3) is 0 Å². The molecular weight excluding hydrogens is 1280 g/mol. The second-order valence-electron chi connectivity index (χ2n) is 24.6. The third-order valence-corrected chi connectivity index (χ3v) is 18.1. The summed E-state index contributed by atoms with van der Waals surface area (Å²) in [5, 5.41) is 26.9. The number of nitrogens with zero attached hydrogens (tertiary/aromatic N) is 13. The number of carbonyl (C=O) groups excluding carboxylic acids is 2. The van der Waals surface area contributed by atoms with E-state index in [4.69, 9.17) is 4.74 Å². The Morgan fingerprint density at radius 3 is 1.20 bits per heavy atom. The van der Waals surface area contributed by atoms with Gasteiger partial charge in [0.2, 0.25) is 11.9 Å². The number of hydrogen-bond acceptors (Lipinski definition) is 13. The molecule has 2 aromatic carbocycles. The molecule has 0 radical (unpaired) electrons. The molecule has 0 unspecified atom stereocenters. The summed E-state index contributed by atoms with van der Waals surface area (Å²) >= 11 is 0. The summed E-state index contributed by atoms with van der Waals surface area (Å²) in [5.41, 5.74) is -3.57. The molecule has 2 saturated carbocycles. The van der Waals surface area contributed by atoms with Crippen LogP contribution in [0.4, 0.5) is 74.2 Å². The zero-order valence-electron chi connectivity index (χ0n) is 52.3. The molecule has 0 spiro atoms. The number of alkyl halides is 12. The van der Waals surface area contributed by atoms with Crippen LogP contribution in [-0.2, 0) is 66.2 Å². The number of carbonyl (C=O) groups is 4. The number of anilines is 2. The topological polar surface area (TPSA) is 221 Å². The van der Waals surface area contributed by atoms with Crippen molar-refractivity contribution in [1.29, 1.82) is 0 Å². The first-order valence-electron chi connectivity index (χ1n) is 30.9. The molecular formula is C63H71F12N13O7. The molecule has 2 aliphatic carbocycles. The normalized spacial score (nSPS) is 21.8. The van der Waals surface area contributed by atoms with Gasteiger partial charge in [0.15, 0.2) is 0 Å². The number of carboxylic acids is 2. The third-order valence-electron chi connectivity index (χ3n) is 18.1. The van der Waals surface area contributed by atoms with E-state index < -0.39 is 102 Å². The maximum absolute atomic E-state index is 13.8. The van der Waals surface area contributed by atoms with Crippen molar-refractivity contribution in [3.63, 3.8) is 0 Å². The number of likely N-dealkylation sites (tertiary alicyclic amines) is 2. The highest BCUT2D eigenvalue weighted by molar-refractivity contribution is 5.76. The molecule has 2 saturated heterocycles. The van der Waals surface area contributed by atoms with E-state index in [1.165, 1.54) is 34.6 Å². The van der Waals surface area contributed by atoms with Crippen molar-refractivity contribution in [3.05, 3.63) is 119 Å². The number of amides is 3. The molecule has 20 nitrogen and oxygen atoms in total. The minimum atomic E-state index is -5.02. The Bertz CT molecular complexity index is 3580. The fraction of sp³-hybridized carbons (Fsp3) is 0.524. The monoisotopic (exact) mass is 1350 g/mol. The Morgan fingerprint density at radius 2 is 0.863 bits per heavy atom. The molecule has 0 bridgehead atoms. The molecule has 6 heterocycles. The lowest BCUT2D eigenvalue weighted by atomic mass is 9.85. The highest BCUT2D eigenvalue weighted by Crippen LogP contribution is 2.41. The molecule has 95 heavy (non-hydrogen) atoms. The van der Waals surface area contributed by atoms with E-state index in [9.17, 15) is 82.1 Å². The lowest BCUT2D eigenvalue weighted by Gasteiger charge is -2.37. The Morgan fingerprint density at radius 1 is 0.505 bits per heavy atom. The predicted molar refractivity (Wildman–Crippen MR) is 319 cm³/mol. The molecule has 2 aliphatic heterocycles. The molecule has 2 N–H and O–H groups in total. The molecule has 6 aromatic rings. The van der Waals surface area contributed by atoms with Gasteiger partial charge in [-0.15, -0.1) is 0 Å². The first-order chi connectivity index (χ1) is 44.7. The molecule has 4 aromatic heterocycles. The first-order valence-corrected chi connectivity index (χ1v) is 30.9. The number of carboxylic acid groups (broad SMARTS) is 2. The quantitative estimate of drug-likeness (QED) is 0.0860. The van der Waals surface area contributed by atoms with Crippen LogP contribution in [0.1, 0.15) is 124 Å². The van der Waals surface area contributed by atoms with Crippen LogP contribution in [0.2, 0.25) is 0 Å². The summed E-state index contributed by atoms with van der Waals surface area (Å²) in [6, 6.07) is 0.766. The van der Waals surface area contributed by atoms with E-state index in [2.05, 4.69) is 30.1 Å². The number of halogens is 12. The van der Waals surface area contributed by atoms with Crippen molar-refractivity contribution in [2.75, 3.05) is 29.9 Å². The maximum Gasteiger partial charge on any atom is 0.416 e. The lowest BCUT2D eigenvalue weighted by Crippen LogP contribution is -2.49. The van der Waals surface area contributed by atoms with Gasteiger partial charge in [0, 0.05) is 125 Å². The van der Waals surface area contributed by atoms with Gasteiger partial charge in [0.1, 0.15) is 6.10 Å². The van der Waals surface area contributed by atoms with Crippen LogP contribution < -0.4 is 9.80 Å². The van der Waals surface area contributed by atoms with Gasteiger partial charge in [-0.2, -0.15) is 62.9 Å². The Kier molecular flexibility index (Phi) is 21.3. The molecule has 514 valence electrons. The van der Waals surface area contributed by atoms with Gasteiger partial charge >= 0.3 is 48.8 Å². The maximum atomic E-state index is 13.8. The summed E-state index contributed by atoms with van der Waals surface area (Å²) in [7, 11) is 5.14. The van der Waals surface area contributed by atoms with Gasteiger partial charge in [-0.3, -0.25) is 19.0 Å². The highest BCUT2D eigenvalue weighted by atomic mass is 19.4. The average molecular weight is 1350 g/mol. The smallest absolute Gasteiger partial charge is 0.416 e. The summed E-state index contributed by atoms with van der Waals surface area (Å²) in [6.07, 6.45) is -3.15. The van der Waals surface area contributed by atoms with Crippen molar-refractivity contribution in [3.8, 4) is 22.3 Å². The van der Waals surface area contributed by atoms with Gasteiger partial charge in [-0.25, -0.2) is 29.5 Å². The van der Waals surface area contributed by atoms with Crippen LogP contribution in [0.3, 0.4) is 0 Å². The standard InChI is InChI=1S/C32H37F6N7O3.C31H34F6N6O4/c1-4-25-12-27(18-45(25)30(48)43(3)26-7-5-20(6-8-26)28(46)47)44(29-39-13-21(14-40-29)22-15-41-42(2)17-22)16-19-9-23(31(33,34)35)11-24(10-19)32(36,37)38;1-3-24-11-25(17-43(24)29(46)47-26-6-4-19(5-7-26)27(44)45)42(28-38-12-20(13-39-28)21-14-40-41(2)16-21)15-18-8-22(30(32,33)34)10-23(9-18)31(35,36)37/h9-11,13-15,17,20,25-27H,4-8,12,16,18H2,1-3H3,(H,46,47);8-10,12-14,16,19,24-26H,3-7,11,15,17H2,1-2H3,(H,44,45)/t20?,25-,26?,27+;19?,24-,25+,26?/m11/s1. The molecule has 32 heteroatoms. The van der Waals surface area contributed by atoms with Crippen LogP contribution in [0.25, 0.3) is 22.3 Å². The largest absolute Gasteiger partial charge is 0.481 e. The fourth-order valence-electron chi connectivity index (χ4n) is 12.9. The molecule has 4 aliphatic rings. The number of aliphatic carboxylic acids is 2. The number of hydrogen-bond donors (Lipinski definition) is 2. The van der Waals surface area contributed by atoms with Crippen LogP contribution in [0.5, 0.6) is 0 Å². The summed E-state index contributed by atoms with van der Waals surface area (Å²) < 4.78 is 174. The summed E-state index contributed by atoms with van der Waals surface area (Å²) in [5.74, 6) is -2.53. The number of urea groups is 1. The second kappa shape index (κ2) is 28.7. The van der Waals surface area contributed by atoms with Crippen molar-refractivity contribution in [2.24, 2.45) is 25.9 Å². The minimum Gasteiger partial charge on any atom is -0.481 e. The Labute approximate surface area is 537 Å². The summed E-state index contributed by atoms with van der Waals surface area (Å²) in [6.45, 7) is 3.17. The van der Waals surface area contributed by atoms with E-state index in [1.807, 2.05) is 13.8 Å². The van der Waals surface area contributed by atoms with E-state index in [-0.39, 0.29) is 78.9 Å². The van der Waals surface area contributed by atoms with Gasteiger partial charge in [-0.05, 0) is 125 Å². The second-order valence-corrected chi connectivity index (χ2v) is 24.6. The van der Waals surface area contributed by atoms with Crippen LogP contribution in [-0.4, -0.2) is 145 Å². The predicted octanol–water partition coefficient (Wildman–Crippen LogP) is 13.0. The van der Waals surface area contributed by atoms with Gasteiger partial charge < -0.3 is 39.4 Å². The van der Waals surface area contributed by atoms with Crippen molar-refractivity contribution < 1.29 is 86.8 Å². The SMILES string of the molecule is CC[C@@H]1C[C@H](N(Cc2cc(C(F)(F)F)cc(C(F)(F)F)c2)c2ncc(-c3cnn(C)c3)cn2)CN1C(=O)N(C)C1CCC(C(=O)O)CC1.CC[C@@H]1C[C@H](N(Cc2cc(C(F)(F)F)cc(C(F)(F)F)c2)c2ncc(-c3cnn(C)c3)cn2)CN1C(=O)OC1CCC(C(=O)O)CC1. The Balaban J connectivity index is 0.000000223. The van der Waals surface area contributed by atoms with Crippen LogP contribution in [0, 0.1) is 11.8 Å². The molecule has 4 fully saturated rings. The lowest BCUT2D eigenvalue weighted by molar-refractivity contribution is -0.144. The zero-order valence-corrected chi connectivity index (χ0v) is 52.3. The van der Waals surface area contributed by atoms with Crippen molar-refractivity contribution in [1.82, 2.24) is 54.2 Å². The first kappa shape index (κ1) is 70.6. The van der Waals surface area contributed by atoms with Gasteiger partial charge in [-0.1, -0.05) is 13.8 Å². The van der Waals surface area contributed by atoms with Crippen LogP contribution in [0.15, 0.2) is 86.0 Å². The van der Waals surface area contributed by atoms with Crippen molar-refractivity contribution >= 4 is 36.0 Å². The van der Waals surface area contributed by atoms with E-state index in [0.29, 0.717) is 124 Å². The van der Waals surface area contributed by atoms with E-state index in [1.54, 1.807) is 70.0 Å². The van der Waals surface area contributed by atoms with Gasteiger partial charge in [0.05, 0.1) is 58.6 Å². The number of benzene rings is 2. The number of aryl methyl sites for hydroxylation is 2. The minimum absolute atomic E-state index is 0.0562. The van der Waals surface area contributed by atoms with E-state index in [0.717, 1.165) is 0 Å². The number of aromatic nitrogens is 8. The molecule has 4 atom stereocenters. The third kappa shape index (κ3) is 17.2. The van der Waals surface area contributed by atoms with Crippen LogP contribution >= 0.6 is 0 Å². The Hall–Kier alpha value is -8.74. The molecule has 10 rings (SSSR count). The zero-order chi connectivity index (χ0) is 69.1. The summed E-state index contributed by atoms with van der Waals surface area (Å²) in [4.78, 5) is 75.6.